The highest BCUT2D eigenvalue weighted by atomic mass is 79.9. The van der Waals surface area contributed by atoms with Gasteiger partial charge in [0.2, 0.25) is 0 Å². The van der Waals surface area contributed by atoms with Crippen molar-refractivity contribution in [1.82, 2.24) is 10.3 Å². The van der Waals surface area contributed by atoms with Crippen LogP contribution in [0.3, 0.4) is 0 Å². The molecule has 0 spiro atoms. The predicted octanol–water partition coefficient (Wildman–Crippen LogP) is 2.56. The van der Waals surface area contributed by atoms with Crippen LogP contribution in [0.25, 0.3) is 0 Å². The maximum Gasteiger partial charge on any atom is 0.255 e. The molecule has 1 aliphatic carbocycles. The number of halogens is 1. The molecule has 2 N–H and O–H groups in total. The minimum Gasteiger partial charge on any atom is -0.372 e. The van der Waals surface area contributed by atoms with E-state index >= 15 is 0 Å². The van der Waals surface area contributed by atoms with Gasteiger partial charge in [0.1, 0.15) is 5.82 Å². The van der Waals surface area contributed by atoms with Gasteiger partial charge >= 0.3 is 0 Å². The smallest absolute Gasteiger partial charge is 0.255 e. The molecule has 0 bridgehead atoms. The molecule has 0 saturated heterocycles. The van der Waals surface area contributed by atoms with Crippen LogP contribution in [-0.4, -0.2) is 24.0 Å². The zero-order valence-corrected chi connectivity index (χ0v) is 11.4. The second kappa shape index (κ2) is 5.49. The van der Waals surface area contributed by atoms with E-state index in [0.29, 0.717) is 17.4 Å². The molecule has 0 radical (unpaired) electrons. The Labute approximate surface area is 109 Å². The number of carbonyl (C=O) groups excluding carboxylic acids is 1. The van der Waals surface area contributed by atoms with Crippen LogP contribution in [0.4, 0.5) is 5.82 Å². The van der Waals surface area contributed by atoms with Crippen molar-refractivity contribution >= 4 is 27.7 Å². The van der Waals surface area contributed by atoms with Gasteiger partial charge in [-0.25, -0.2) is 4.98 Å². The van der Waals surface area contributed by atoms with Crippen LogP contribution < -0.4 is 10.6 Å². The van der Waals surface area contributed by atoms with E-state index in [1.54, 1.807) is 19.3 Å². The standard InChI is InChI=1S/C12H16BrN3O/c1-14-11-10(6-8(13)7-15-11)12(17)16-9-4-2-3-5-9/h6-7,9H,2-5H2,1H3,(H,14,15)(H,16,17). The SMILES string of the molecule is CNc1ncc(Br)cc1C(=O)NC1CCCC1. The van der Waals surface area contributed by atoms with Crippen molar-refractivity contribution in [1.29, 1.82) is 0 Å². The lowest BCUT2D eigenvalue weighted by Gasteiger charge is -2.13. The molecule has 1 heterocycles. The van der Waals surface area contributed by atoms with Gasteiger partial charge in [-0.3, -0.25) is 4.79 Å². The molecule has 1 aromatic rings. The second-order valence-corrected chi connectivity index (χ2v) is 5.17. The summed E-state index contributed by atoms with van der Waals surface area (Å²) in [6.45, 7) is 0. The lowest BCUT2D eigenvalue weighted by atomic mass is 10.2. The number of hydrogen-bond acceptors (Lipinski definition) is 3. The van der Waals surface area contributed by atoms with E-state index in [2.05, 4.69) is 31.5 Å². The Kier molecular flexibility index (Phi) is 3.99. The van der Waals surface area contributed by atoms with E-state index in [-0.39, 0.29) is 5.91 Å². The van der Waals surface area contributed by atoms with E-state index in [0.717, 1.165) is 17.3 Å². The van der Waals surface area contributed by atoms with Gasteiger partial charge in [0.25, 0.3) is 5.91 Å². The fraction of sp³-hybridized carbons (Fsp3) is 0.500. The Morgan fingerprint density at radius 2 is 2.18 bits per heavy atom. The number of nitrogens with zero attached hydrogens (tertiary/aromatic N) is 1. The maximum absolute atomic E-state index is 12.1. The Bertz CT molecular complexity index is 416. The van der Waals surface area contributed by atoms with Gasteiger partial charge in [0.15, 0.2) is 0 Å². The normalized spacial score (nSPS) is 15.9. The van der Waals surface area contributed by atoms with Crippen molar-refractivity contribution in [2.45, 2.75) is 31.7 Å². The number of hydrogen-bond donors (Lipinski definition) is 2. The molecule has 1 aliphatic rings. The molecule has 17 heavy (non-hydrogen) atoms. The average molecular weight is 298 g/mol. The fourth-order valence-electron chi connectivity index (χ4n) is 2.14. The Hall–Kier alpha value is -1.10. The fourth-order valence-corrected chi connectivity index (χ4v) is 2.48. The topological polar surface area (TPSA) is 54.0 Å². The molecule has 5 heteroatoms. The van der Waals surface area contributed by atoms with Crippen molar-refractivity contribution in [3.8, 4) is 0 Å². The van der Waals surface area contributed by atoms with Gasteiger partial charge in [0.05, 0.1) is 5.56 Å². The lowest BCUT2D eigenvalue weighted by Crippen LogP contribution is -2.33. The predicted molar refractivity (Wildman–Crippen MR) is 71.2 cm³/mol. The number of pyridine rings is 1. The second-order valence-electron chi connectivity index (χ2n) is 4.25. The summed E-state index contributed by atoms with van der Waals surface area (Å²) >= 11 is 3.34. The van der Waals surface area contributed by atoms with Crippen LogP contribution in [0.5, 0.6) is 0 Å². The van der Waals surface area contributed by atoms with Crippen molar-refractivity contribution in [2.75, 3.05) is 12.4 Å². The van der Waals surface area contributed by atoms with Crippen LogP contribution in [0.1, 0.15) is 36.0 Å². The third-order valence-electron chi connectivity index (χ3n) is 3.03. The van der Waals surface area contributed by atoms with Crippen molar-refractivity contribution in [2.24, 2.45) is 0 Å². The van der Waals surface area contributed by atoms with Crippen molar-refractivity contribution in [3.63, 3.8) is 0 Å². The number of nitrogens with one attached hydrogen (secondary N) is 2. The molecule has 1 amide bonds. The average Bonchev–Trinajstić information content (AvgIpc) is 2.81. The van der Waals surface area contributed by atoms with Crippen LogP contribution >= 0.6 is 15.9 Å². The van der Waals surface area contributed by atoms with Gasteiger partial charge in [0, 0.05) is 23.8 Å². The summed E-state index contributed by atoms with van der Waals surface area (Å²) in [5, 5.41) is 5.99. The monoisotopic (exact) mass is 297 g/mol. The molecular formula is C12H16BrN3O. The highest BCUT2D eigenvalue weighted by Gasteiger charge is 2.20. The third kappa shape index (κ3) is 2.97. The summed E-state index contributed by atoms with van der Waals surface area (Å²) in [6, 6.07) is 2.12. The molecule has 1 fully saturated rings. The van der Waals surface area contributed by atoms with Crippen molar-refractivity contribution in [3.05, 3.63) is 22.3 Å². The maximum atomic E-state index is 12.1. The zero-order chi connectivity index (χ0) is 12.3. The van der Waals surface area contributed by atoms with Crippen LogP contribution in [-0.2, 0) is 0 Å². The first-order valence-corrected chi connectivity index (χ1v) is 6.64. The summed E-state index contributed by atoms with van der Waals surface area (Å²) in [5.41, 5.74) is 0.591. The minimum absolute atomic E-state index is 0.0462. The quantitative estimate of drug-likeness (QED) is 0.901. The molecule has 0 atom stereocenters. The molecule has 1 saturated carbocycles. The highest BCUT2D eigenvalue weighted by Crippen LogP contribution is 2.21. The lowest BCUT2D eigenvalue weighted by molar-refractivity contribution is 0.0938. The number of rotatable bonds is 3. The molecule has 4 nitrogen and oxygen atoms in total. The number of carbonyl (C=O) groups is 1. The Morgan fingerprint density at radius 3 is 2.82 bits per heavy atom. The largest absolute Gasteiger partial charge is 0.372 e. The number of aromatic nitrogens is 1. The minimum atomic E-state index is -0.0462. The van der Waals surface area contributed by atoms with Gasteiger partial charge in [-0.05, 0) is 34.8 Å². The summed E-state index contributed by atoms with van der Waals surface area (Å²) < 4.78 is 0.813. The summed E-state index contributed by atoms with van der Waals surface area (Å²) in [5.74, 6) is 0.568. The molecule has 92 valence electrons. The van der Waals surface area contributed by atoms with Gasteiger partial charge in [-0.2, -0.15) is 0 Å². The third-order valence-corrected chi connectivity index (χ3v) is 3.46. The van der Waals surface area contributed by atoms with Gasteiger partial charge in [-0.15, -0.1) is 0 Å². The highest BCUT2D eigenvalue weighted by molar-refractivity contribution is 9.10. The van der Waals surface area contributed by atoms with E-state index in [1.165, 1.54) is 12.8 Å². The summed E-state index contributed by atoms with van der Waals surface area (Å²) in [4.78, 5) is 16.3. The molecule has 0 aromatic carbocycles. The molecule has 0 aliphatic heterocycles. The molecule has 0 unspecified atom stereocenters. The first-order valence-electron chi connectivity index (χ1n) is 5.85. The molecular weight excluding hydrogens is 282 g/mol. The van der Waals surface area contributed by atoms with Crippen LogP contribution in [0, 0.1) is 0 Å². The van der Waals surface area contributed by atoms with Gasteiger partial charge < -0.3 is 10.6 Å². The van der Waals surface area contributed by atoms with E-state index in [4.69, 9.17) is 0 Å². The Balaban J connectivity index is 2.14. The summed E-state index contributed by atoms with van der Waals surface area (Å²) in [6.07, 6.45) is 6.27. The number of amides is 1. The first kappa shape index (κ1) is 12.4. The van der Waals surface area contributed by atoms with Gasteiger partial charge in [-0.1, -0.05) is 12.8 Å². The number of anilines is 1. The van der Waals surface area contributed by atoms with Crippen LogP contribution in [0.15, 0.2) is 16.7 Å². The zero-order valence-electron chi connectivity index (χ0n) is 9.79. The van der Waals surface area contributed by atoms with Crippen molar-refractivity contribution < 1.29 is 4.79 Å². The summed E-state index contributed by atoms with van der Waals surface area (Å²) in [7, 11) is 1.77. The molecule has 1 aromatic heterocycles. The van der Waals surface area contributed by atoms with Crippen LogP contribution in [0.2, 0.25) is 0 Å². The van der Waals surface area contributed by atoms with E-state index < -0.39 is 0 Å². The first-order chi connectivity index (χ1) is 8.20. The molecule has 2 rings (SSSR count). The van der Waals surface area contributed by atoms with E-state index in [9.17, 15) is 4.79 Å². The van der Waals surface area contributed by atoms with E-state index in [1.807, 2.05) is 0 Å². The Morgan fingerprint density at radius 1 is 1.47 bits per heavy atom.